The largest absolute Gasteiger partial charge is 0.314 e. The summed E-state index contributed by atoms with van der Waals surface area (Å²) < 4.78 is 0. The highest BCUT2D eigenvalue weighted by Gasteiger charge is 2.32. The van der Waals surface area contributed by atoms with Crippen LogP contribution >= 0.6 is 0 Å². The van der Waals surface area contributed by atoms with E-state index in [1.54, 1.807) is 5.56 Å². The summed E-state index contributed by atoms with van der Waals surface area (Å²) in [6.45, 7) is 7.85. The molecule has 0 aliphatic heterocycles. The monoisotopic (exact) mass is 259 g/mol. The van der Waals surface area contributed by atoms with Gasteiger partial charge in [0.1, 0.15) is 0 Å². The zero-order chi connectivity index (χ0) is 13.7. The molecule has 106 valence electrons. The first kappa shape index (κ1) is 14.6. The van der Waals surface area contributed by atoms with Gasteiger partial charge in [0.05, 0.1) is 0 Å². The lowest BCUT2D eigenvalue weighted by atomic mass is 9.73. The Labute approximate surface area is 118 Å². The SMILES string of the molecule is Cc1cccc(C2(CNC(C)C)CCCCCC2)c1. The Hall–Kier alpha value is -0.820. The Morgan fingerprint density at radius 1 is 1.11 bits per heavy atom. The van der Waals surface area contributed by atoms with Gasteiger partial charge in [-0.1, -0.05) is 69.4 Å². The highest BCUT2D eigenvalue weighted by Crippen LogP contribution is 2.38. The van der Waals surface area contributed by atoms with E-state index >= 15 is 0 Å². The topological polar surface area (TPSA) is 12.0 Å². The molecule has 0 saturated heterocycles. The van der Waals surface area contributed by atoms with E-state index in [2.05, 4.69) is 50.4 Å². The van der Waals surface area contributed by atoms with Gasteiger partial charge in [-0.3, -0.25) is 0 Å². The van der Waals surface area contributed by atoms with Gasteiger partial charge >= 0.3 is 0 Å². The maximum atomic E-state index is 3.70. The standard InChI is InChI=1S/C18H29N/c1-15(2)19-14-18(11-6-4-5-7-12-18)17-10-8-9-16(3)13-17/h8-10,13,15,19H,4-7,11-12,14H2,1-3H3. The van der Waals surface area contributed by atoms with E-state index in [1.165, 1.54) is 44.1 Å². The summed E-state index contributed by atoms with van der Waals surface area (Å²) >= 11 is 0. The molecule has 0 heterocycles. The van der Waals surface area contributed by atoms with Crippen LogP contribution < -0.4 is 5.32 Å². The van der Waals surface area contributed by atoms with Crippen molar-refractivity contribution in [3.05, 3.63) is 35.4 Å². The molecule has 0 radical (unpaired) electrons. The number of hydrogen-bond acceptors (Lipinski definition) is 1. The number of aryl methyl sites for hydroxylation is 1. The van der Waals surface area contributed by atoms with Gasteiger partial charge in [-0.25, -0.2) is 0 Å². The van der Waals surface area contributed by atoms with Gasteiger partial charge in [-0.05, 0) is 25.3 Å². The predicted molar refractivity (Wildman–Crippen MR) is 83.7 cm³/mol. The molecule has 1 heteroatoms. The van der Waals surface area contributed by atoms with E-state index in [-0.39, 0.29) is 0 Å². The van der Waals surface area contributed by atoms with E-state index in [0.717, 1.165) is 6.54 Å². The lowest BCUT2D eigenvalue weighted by molar-refractivity contribution is 0.335. The van der Waals surface area contributed by atoms with Crippen LogP contribution in [0.15, 0.2) is 24.3 Å². The van der Waals surface area contributed by atoms with Crippen LogP contribution in [-0.4, -0.2) is 12.6 Å². The fourth-order valence-electron chi connectivity index (χ4n) is 3.35. The Balaban J connectivity index is 2.26. The lowest BCUT2D eigenvalue weighted by Crippen LogP contribution is -2.40. The Morgan fingerprint density at radius 2 is 1.79 bits per heavy atom. The summed E-state index contributed by atoms with van der Waals surface area (Å²) in [5, 5.41) is 3.70. The van der Waals surface area contributed by atoms with E-state index in [9.17, 15) is 0 Å². The summed E-state index contributed by atoms with van der Waals surface area (Å²) in [7, 11) is 0. The minimum Gasteiger partial charge on any atom is -0.314 e. The van der Waals surface area contributed by atoms with Crippen LogP contribution in [-0.2, 0) is 5.41 Å². The van der Waals surface area contributed by atoms with Gasteiger partial charge in [0, 0.05) is 18.0 Å². The van der Waals surface area contributed by atoms with E-state index in [1.807, 2.05) is 0 Å². The van der Waals surface area contributed by atoms with Crippen molar-refractivity contribution >= 4 is 0 Å². The van der Waals surface area contributed by atoms with E-state index < -0.39 is 0 Å². The van der Waals surface area contributed by atoms with Crippen molar-refractivity contribution < 1.29 is 0 Å². The third kappa shape index (κ3) is 3.82. The van der Waals surface area contributed by atoms with Gasteiger partial charge in [0.15, 0.2) is 0 Å². The summed E-state index contributed by atoms with van der Waals surface area (Å²) in [6, 6.07) is 9.77. The van der Waals surface area contributed by atoms with Gasteiger partial charge in [-0.2, -0.15) is 0 Å². The first-order chi connectivity index (χ1) is 9.12. The molecular weight excluding hydrogens is 230 g/mol. The average molecular weight is 259 g/mol. The molecule has 19 heavy (non-hydrogen) atoms. The van der Waals surface area contributed by atoms with E-state index in [0.29, 0.717) is 11.5 Å². The molecule has 0 amide bonds. The molecule has 1 aliphatic carbocycles. The molecule has 0 bridgehead atoms. The molecule has 0 atom stereocenters. The minimum absolute atomic E-state index is 0.368. The van der Waals surface area contributed by atoms with Gasteiger partial charge in [0.2, 0.25) is 0 Å². The summed E-state index contributed by atoms with van der Waals surface area (Å²) in [5.41, 5.74) is 3.32. The summed E-state index contributed by atoms with van der Waals surface area (Å²) in [4.78, 5) is 0. The molecule has 2 rings (SSSR count). The normalized spacial score (nSPS) is 19.4. The van der Waals surface area contributed by atoms with Gasteiger partial charge < -0.3 is 5.32 Å². The van der Waals surface area contributed by atoms with Crippen LogP contribution in [0.2, 0.25) is 0 Å². The molecule has 1 fully saturated rings. The van der Waals surface area contributed by atoms with Crippen molar-refractivity contribution in [1.82, 2.24) is 5.32 Å². The molecular formula is C18H29N. The van der Waals surface area contributed by atoms with Crippen molar-refractivity contribution in [3.63, 3.8) is 0 Å². The fraction of sp³-hybridized carbons (Fsp3) is 0.667. The molecule has 1 aromatic carbocycles. The second-order valence-corrected chi connectivity index (χ2v) is 6.60. The van der Waals surface area contributed by atoms with Crippen molar-refractivity contribution in [2.75, 3.05) is 6.54 Å². The summed E-state index contributed by atoms with van der Waals surface area (Å²) in [6.07, 6.45) is 8.28. The number of hydrogen-bond donors (Lipinski definition) is 1. The highest BCUT2D eigenvalue weighted by atomic mass is 14.9. The maximum Gasteiger partial charge on any atom is 0.00779 e. The number of benzene rings is 1. The zero-order valence-corrected chi connectivity index (χ0v) is 12.8. The Morgan fingerprint density at radius 3 is 2.37 bits per heavy atom. The molecule has 1 N–H and O–H groups in total. The minimum atomic E-state index is 0.368. The third-order valence-corrected chi connectivity index (χ3v) is 4.54. The molecule has 1 aromatic rings. The van der Waals surface area contributed by atoms with Crippen molar-refractivity contribution in [3.8, 4) is 0 Å². The lowest BCUT2D eigenvalue weighted by Gasteiger charge is -2.35. The quantitative estimate of drug-likeness (QED) is 0.780. The first-order valence-electron chi connectivity index (χ1n) is 7.93. The maximum absolute atomic E-state index is 3.70. The van der Waals surface area contributed by atoms with Crippen molar-refractivity contribution in [2.45, 2.75) is 70.8 Å². The zero-order valence-electron chi connectivity index (χ0n) is 12.8. The van der Waals surface area contributed by atoms with Crippen LogP contribution in [0, 0.1) is 6.92 Å². The van der Waals surface area contributed by atoms with Crippen LogP contribution in [0.3, 0.4) is 0 Å². The Bertz CT molecular complexity index is 386. The summed E-state index contributed by atoms with van der Waals surface area (Å²) in [5.74, 6) is 0. The second-order valence-electron chi connectivity index (χ2n) is 6.60. The fourth-order valence-corrected chi connectivity index (χ4v) is 3.35. The first-order valence-corrected chi connectivity index (χ1v) is 7.93. The highest BCUT2D eigenvalue weighted by molar-refractivity contribution is 5.30. The van der Waals surface area contributed by atoms with Crippen molar-refractivity contribution in [1.29, 1.82) is 0 Å². The second kappa shape index (κ2) is 6.56. The van der Waals surface area contributed by atoms with E-state index in [4.69, 9.17) is 0 Å². The van der Waals surface area contributed by atoms with Crippen LogP contribution in [0.4, 0.5) is 0 Å². The van der Waals surface area contributed by atoms with Gasteiger partial charge in [-0.15, -0.1) is 0 Å². The molecule has 0 aromatic heterocycles. The van der Waals surface area contributed by atoms with Crippen LogP contribution in [0.25, 0.3) is 0 Å². The molecule has 0 spiro atoms. The van der Waals surface area contributed by atoms with Crippen LogP contribution in [0.1, 0.15) is 63.5 Å². The predicted octanol–water partition coefficient (Wildman–Crippen LogP) is 4.59. The van der Waals surface area contributed by atoms with Gasteiger partial charge in [0.25, 0.3) is 0 Å². The number of rotatable bonds is 4. The third-order valence-electron chi connectivity index (χ3n) is 4.54. The molecule has 1 nitrogen and oxygen atoms in total. The van der Waals surface area contributed by atoms with Crippen molar-refractivity contribution in [2.24, 2.45) is 0 Å². The number of nitrogens with one attached hydrogen (secondary N) is 1. The van der Waals surface area contributed by atoms with Crippen LogP contribution in [0.5, 0.6) is 0 Å². The molecule has 1 aliphatic rings. The smallest absolute Gasteiger partial charge is 0.00779 e. The molecule has 0 unspecified atom stereocenters. The molecule has 1 saturated carbocycles. The average Bonchev–Trinajstić information content (AvgIpc) is 2.63. The Kier molecular flexibility index (Phi) is 5.04.